The van der Waals surface area contributed by atoms with E-state index in [2.05, 4.69) is 15.1 Å². The van der Waals surface area contributed by atoms with Gasteiger partial charge in [-0.05, 0) is 33.1 Å². The van der Waals surface area contributed by atoms with Gasteiger partial charge in [-0.1, -0.05) is 0 Å². The van der Waals surface area contributed by atoms with Gasteiger partial charge < -0.3 is 4.74 Å². The Morgan fingerprint density at radius 3 is 2.94 bits per heavy atom. The van der Waals surface area contributed by atoms with Gasteiger partial charge in [0.15, 0.2) is 11.9 Å². The minimum atomic E-state index is 0.0370. The van der Waals surface area contributed by atoms with Crippen LogP contribution in [0, 0.1) is 13.8 Å². The summed E-state index contributed by atoms with van der Waals surface area (Å²) >= 11 is 0. The third kappa shape index (κ3) is 1.80. The van der Waals surface area contributed by atoms with Gasteiger partial charge in [-0.2, -0.15) is 5.10 Å². The van der Waals surface area contributed by atoms with E-state index in [9.17, 15) is 0 Å². The third-order valence-corrected chi connectivity index (χ3v) is 3.18. The summed E-state index contributed by atoms with van der Waals surface area (Å²) in [6.07, 6.45) is 5.22. The van der Waals surface area contributed by atoms with Crippen LogP contribution in [0.2, 0.25) is 0 Å². The van der Waals surface area contributed by atoms with E-state index in [0.29, 0.717) is 0 Å². The van der Waals surface area contributed by atoms with E-state index >= 15 is 0 Å². The van der Waals surface area contributed by atoms with Gasteiger partial charge in [0.25, 0.3) is 0 Å². The van der Waals surface area contributed by atoms with Crippen molar-refractivity contribution in [2.24, 2.45) is 0 Å². The van der Waals surface area contributed by atoms with Crippen LogP contribution in [0.1, 0.15) is 37.0 Å². The monoisotopic (exact) mass is 232 g/mol. The number of hydrogen-bond donors (Lipinski definition) is 0. The third-order valence-electron chi connectivity index (χ3n) is 3.18. The minimum absolute atomic E-state index is 0.0370. The highest BCUT2D eigenvalue weighted by atomic mass is 16.5. The number of fused-ring (bicyclic) bond motifs is 1. The molecule has 0 aromatic carbocycles. The van der Waals surface area contributed by atoms with Gasteiger partial charge in [-0.15, -0.1) is 0 Å². The molecule has 5 nitrogen and oxygen atoms in total. The summed E-state index contributed by atoms with van der Waals surface area (Å²) in [5.74, 6) is 0.785. The van der Waals surface area contributed by atoms with Crippen LogP contribution in [0.15, 0.2) is 6.20 Å². The molecule has 90 valence electrons. The highest BCUT2D eigenvalue weighted by molar-refractivity contribution is 5.76. The van der Waals surface area contributed by atoms with Gasteiger partial charge in [0.05, 0.1) is 17.3 Å². The Kier molecular flexibility index (Phi) is 2.55. The quantitative estimate of drug-likeness (QED) is 0.756. The molecule has 0 N–H and O–H groups in total. The molecule has 2 aromatic rings. The summed E-state index contributed by atoms with van der Waals surface area (Å²) in [5, 5.41) is 5.43. The molecule has 1 saturated heterocycles. The molecule has 5 heteroatoms. The van der Waals surface area contributed by atoms with Crippen molar-refractivity contribution < 1.29 is 4.74 Å². The lowest BCUT2D eigenvalue weighted by Gasteiger charge is -2.23. The lowest BCUT2D eigenvalue weighted by molar-refractivity contribution is -0.0370. The molecule has 0 saturated carbocycles. The van der Waals surface area contributed by atoms with E-state index in [0.717, 1.165) is 42.0 Å². The predicted octanol–water partition coefficient (Wildman–Crippen LogP) is 2.14. The van der Waals surface area contributed by atoms with Gasteiger partial charge in [-0.3, -0.25) is 0 Å². The SMILES string of the molecule is Cc1nc(C)c2cnn(C3CCCCO3)c2n1. The second-order valence-electron chi connectivity index (χ2n) is 4.50. The van der Waals surface area contributed by atoms with Crippen molar-refractivity contribution in [2.75, 3.05) is 6.61 Å². The number of ether oxygens (including phenoxy) is 1. The van der Waals surface area contributed by atoms with Crippen LogP contribution in [0.4, 0.5) is 0 Å². The second kappa shape index (κ2) is 4.07. The molecule has 3 heterocycles. The maximum absolute atomic E-state index is 5.75. The second-order valence-corrected chi connectivity index (χ2v) is 4.50. The highest BCUT2D eigenvalue weighted by Crippen LogP contribution is 2.25. The van der Waals surface area contributed by atoms with Crippen LogP contribution >= 0.6 is 0 Å². The number of aromatic nitrogens is 4. The van der Waals surface area contributed by atoms with Crippen molar-refractivity contribution in [1.82, 2.24) is 19.7 Å². The zero-order valence-electron chi connectivity index (χ0n) is 10.2. The minimum Gasteiger partial charge on any atom is -0.356 e. The molecule has 0 amide bonds. The lowest BCUT2D eigenvalue weighted by atomic mass is 10.2. The molecule has 2 aromatic heterocycles. The first-order valence-corrected chi connectivity index (χ1v) is 6.06. The molecule has 17 heavy (non-hydrogen) atoms. The fraction of sp³-hybridized carbons (Fsp3) is 0.583. The van der Waals surface area contributed by atoms with Crippen molar-refractivity contribution in [3.63, 3.8) is 0 Å². The lowest BCUT2D eigenvalue weighted by Crippen LogP contribution is -2.19. The van der Waals surface area contributed by atoms with Crippen molar-refractivity contribution in [2.45, 2.75) is 39.3 Å². The van der Waals surface area contributed by atoms with Crippen LogP contribution in [0.25, 0.3) is 11.0 Å². The van der Waals surface area contributed by atoms with Gasteiger partial charge in [0.1, 0.15) is 5.82 Å². The normalized spacial score (nSPS) is 20.9. The van der Waals surface area contributed by atoms with Crippen LogP contribution in [-0.4, -0.2) is 26.4 Å². The smallest absolute Gasteiger partial charge is 0.164 e. The van der Waals surface area contributed by atoms with Gasteiger partial charge in [0.2, 0.25) is 0 Å². The van der Waals surface area contributed by atoms with Crippen molar-refractivity contribution in [1.29, 1.82) is 0 Å². The molecule has 0 aliphatic carbocycles. The molecular weight excluding hydrogens is 216 g/mol. The molecule has 0 bridgehead atoms. The molecule has 0 radical (unpaired) electrons. The average molecular weight is 232 g/mol. The standard InChI is InChI=1S/C12H16N4O/c1-8-10-7-13-16(11-5-3-4-6-17-11)12(10)15-9(2)14-8/h7,11H,3-6H2,1-2H3. The van der Waals surface area contributed by atoms with Gasteiger partial charge in [0, 0.05) is 6.61 Å². The summed E-state index contributed by atoms with van der Waals surface area (Å²) in [7, 11) is 0. The number of aryl methyl sites for hydroxylation is 2. The van der Waals surface area contributed by atoms with Crippen molar-refractivity contribution in [3.8, 4) is 0 Å². The fourth-order valence-corrected chi connectivity index (χ4v) is 2.33. The van der Waals surface area contributed by atoms with E-state index < -0.39 is 0 Å². The summed E-state index contributed by atoms with van der Waals surface area (Å²) in [6, 6.07) is 0. The van der Waals surface area contributed by atoms with E-state index in [1.54, 1.807) is 0 Å². The highest BCUT2D eigenvalue weighted by Gasteiger charge is 2.20. The molecule has 1 aliphatic heterocycles. The summed E-state index contributed by atoms with van der Waals surface area (Å²) in [5.41, 5.74) is 1.87. The van der Waals surface area contributed by atoms with E-state index in [1.165, 1.54) is 6.42 Å². The first-order chi connectivity index (χ1) is 8.25. The van der Waals surface area contributed by atoms with Crippen LogP contribution in [0.5, 0.6) is 0 Å². The van der Waals surface area contributed by atoms with Crippen LogP contribution in [-0.2, 0) is 4.74 Å². The molecule has 1 aliphatic rings. The van der Waals surface area contributed by atoms with E-state index in [-0.39, 0.29) is 6.23 Å². The first kappa shape index (κ1) is 10.7. The molecule has 3 rings (SSSR count). The maximum Gasteiger partial charge on any atom is 0.164 e. The Morgan fingerprint density at radius 2 is 2.18 bits per heavy atom. The molecule has 0 spiro atoms. The maximum atomic E-state index is 5.75. The van der Waals surface area contributed by atoms with Crippen molar-refractivity contribution in [3.05, 3.63) is 17.7 Å². The molecular formula is C12H16N4O. The number of hydrogen-bond acceptors (Lipinski definition) is 4. The average Bonchev–Trinajstić information content (AvgIpc) is 2.74. The number of rotatable bonds is 1. The topological polar surface area (TPSA) is 52.8 Å². The van der Waals surface area contributed by atoms with E-state index in [1.807, 2.05) is 24.7 Å². The Hall–Kier alpha value is -1.49. The zero-order chi connectivity index (χ0) is 11.8. The molecule has 1 fully saturated rings. The van der Waals surface area contributed by atoms with Gasteiger partial charge >= 0.3 is 0 Å². The Morgan fingerprint density at radius 1 is 1.29 bits per heavy atom. The fourth-order valence-electron chi connectivity index (χ4n) is 2.33. The van der Waals surface area contributed by atoms with Crippen LogP contribution in [0.3, 0.4) is 0 Å². The van der Waals surface area contributed by atoms with Crippen molar-refractivity contribution >= 4 is 11.0 Å². The molecule has 1 atom stereocenters. The predicted molar refractivity (Wildman–Crippen MR) is 63.6 cm³/mol. The number of nitrogens with zero attached hydrogens (tertiary/aromatic N) is 4. The van der Waals surface area contributed by atoms with Gasteiger partial charge in [-0.25, -0.2) is 14.6 Å². The summed E-state index contributed by atoms with van der Waals surface area (Å²) < 4.78 is 7.65. The Labute approximate surface area is 99.8 Å². The zero-order valence-corrected chi connectivity index (χ0v) is 10.2. The first-order valence-electron chi connectivity index (χ1n) is 6.06. The Balaban J connectivity index is 2.10. The largest absolute Gasteiger partial charge is 0.356 e. The molecule has 1 unspecified atom stereocenters. The summed E-state index contributed by atoms with van der Waals surface area (Å²) in [4.78, 5) is 8.84. The Bertz CT molecular complexity index is 543. The summed E-state index contributed by atoms with van der Waals surface area (Å²) in [6.45, 7) is 4.71. The van der Waals surface area contributed by atoms with Crippen LogP contribution < -0.4 is 0 Å². The van der Waals surface area contributed by atoms with E-state index in [4.69, 9.17) is 4.74 Å².